The summed E-state index contributed by atoms with van der Waals surface area (Å²) in [5, 5.41) is 2.82. The van der Waals surface area contributed by atoms with Crippen molar-refractivity contribution in [3.8, 4) is 0 Å². The fraction of sp³-hybridized carbons (Fsp3) is 0.750. The number of nitrogens with two attached hydrogens (primary N) is 1. The maximum atomic E-state index is 11.9. The third-order valence-electron chi connectivity index (χ3n) is 3.70. The van der Waals surface area contributed by atoms with Gasteiger partial charge in [-0.3, -0.25) is 14.5 Å². The van der Waals surface area contributed by atoms with Gasteiger partial charge in [-0.15, -0.1) is 12.4 Å². The summed E-state index contributed by atoms with van der Waals surface area (Å²) in [6.45, 7) is -0.180. The first kappa shape index (κ1) is 16.7. The molecule has 0 bridgehead atoms. The lowest BCUT2D eigenvalue weighted by Gasteiger charge is -2.29. The van der Waals surface area contributed by atoms with Crippen LogP contribution in [0.1, 0.15) is 25.7 Å². The summed E-state index contributed by atoms with van der Waals surface area (Å²) in [4.78, 5) is 37.3. The molecule has 7 nitrogen and oxygen atoms in total. The van der Waals surface area contributed by atoms with Gasteiger partial charge in [-0.05, 0) is 12.8 Å². The highest BCUT2D eigenvalue weighted by molar-refractivity contribution is 6.04. The van der Waals surface area contributed by atoms with E-state index >= 15 is 0 Å². The standard InChI is InChI=1S/C12H20N4O3.ClH/c1-15-7-11(18)16(12(15)19)6-10(17)14-9-5-3-2-4-8(9)13;/h8-9H,2-7,13H2,1H3,(H,14,17);1H/t8-,9-;/m1./s1. The van der Waals surface area contributed by atoms with Crippen molar-refractivity contribution in [1.82, 2.24) is 15.1 Å². The average Bonchev–Trinajstić information content (AvgIpc) is 2.59. The van der Waals surface area contributed by atoms with Gasteiger partial charge >= 0.3 is 6.03 Å². The Balaban J connectivity index is 0.00000200. The summed E-state index contributed by atoms with van der Waals surface area (Å²) >= 11 is 0. The molecule has 0 spiro atoms. The van der Waals surface area contributed by atoms with Gasteiger partial charge in [-0.25, -0.2) is 4.79 Å². The normalized spacial score (nSPS) is 26.5. The van der Waals surface area contributed by atoms with Gasteiger partial charge in [0.15, 0.2) is 0 Å². The van der Waals surface area contributed by atoms with Gasteiger partial charge in [-0.2, -0.15) is 0 Å². The Morgan fingerprint density at radius 2 is 2.00 bits per heavy atom. The number of nitrogens with one attached hydrogen (secondary N) is 1. The smallest absolute Gasteiger partial charge is 0.327 e. The molecule has 8 heteroatoms. The van der Waals surface area contributed by atoms with Gasteiger partial charge in [-0.1, -0.05) is 12.8 Å². The maximum absolute atomic E-state index is 11.9. The molecule has 0 aromatic heterocycles. The quantitative estimate of drug-likeness (QED) is 0.699. The SMILES string of the molecule is CN1CC(=O)N(CC(=O)N[C@@H]2CCCC[C@H]2N)C1=O.Cl. The molecular weight excluding hydrogens is 284 g/mol. The molecule has 3 N–H and O–H groups in total. The van der Waals surface area contributed by atoms with Crippen LogP contribution in [0.5, 0.6) is 0 Å². The van der Waals surface area contributed by atoms with Gasteiger partial charge < -0.3 is 16.0 Å². The van der Waals surface area contributed by atoms with Gasteiger partial charge in [0.2, 0.25) is 5.91 Å². The topological polar surface area (TPSA) is 95.7 Å². The third kappa shape index (κ3) is 3.61. The highest BCUT2D eigenvalue weighted by atomic mass is 35.5. The zero-order valence-corrected chi connectivity index (χ0v) is 12.3. The average molecular weight is 305 g/mol. The first-order chi connectivity index (χ1) is 8.99. The molecule has 1 saturated carbocycles. The van der Waals surface area contributed by atoms with E-state index in [2.05, 4.69) is 5.32 Å². The van der Waals surface area contributed by atoms with Crippen LogP contribution in [0.4, 0.5) is 4.79 Å². The minimum atomic E-state index is -0.423. The summed E-state index contributed by atoms with van der Waals surface area (Å²) in [6, 6.07) is -0.509. The van der Waals surface area contributed by atoms with Crippen LogP contribution >= 0.6 is 12.4 Å². The summed E-state index contributed by atoms with van der Waals surface area (Å²) in [6.07, 6.45) is 3.88. The van der Waals surface area contributed by atoms with E-state index in [1.165, 1.54) is 11.9 Å². The number of carbonyl (C=O) groups is 3. The van der Waals surface area contributed by atoms with E-state index < -0.39 is 6.03 Å². The van der Waals surface area contributed by atoms with Crippen LogP contribution in [0.15, 0.2) is 0 Å². The Morgan fingerprint density at radius 3 is 2.55 bits per heavy atom. The summed E-state index contributed by atoms with van der Waals surface area (Å²) < 4.78 is 0. The molecule has 2 aliphatic rings. The summed E-state index contributed by atoms with van der Waals surface area (Å²) in [5.74, 6) is -0.657. The molecule has 1 heterocycles. The highest BCUT2D eigenvalue weighted by Crippen LogP contribution is 2.17. The highest BCUT2D eigenvalue weighted by Gasteiger charge is 2.35. The van der Waals surface area contributed by atoms with Crippen molar-refractivity contribution in [3.05, 3.63) is 0 Å². The second-order valence-corrected chi connectivity index (χ2v) is 5.24. The number of imide groups is 1. The molecule has 0 aromatic carbocycles. The maximum Gasteiger partial charge on any atom is 0.327 e. The third-order valence-corrected chi connectivity index (χ3v) is 3.70. The molecular formula is C12H21ClN4O3. The lowest BCUT2D eigenvalue weighted by molar-refractivity contribution is -0.131. The van der Waals surface area contributed by atoms with E-state index in [4.69, 9.17) is 5.73 Å². The van der Waals surface area contributed by atoms with Crippen molar-refractivity contribution < 1.29 is 14.4 Å². The van der Waals surface area contributed by atoms with Crippen LogP contribution in [0.25, 0.3) is 0 Å². The second kappa shape index (κ2) is 6.90. The van der Waals surface area contributed by atoms with Crippen molar-refractivity contribution in [2.45, 2.75) is 37.8 Å². The van der Waals surface area contributed by atoms with E-state index in [1.54, 1.807) is 0 Å². The lowest BCUT2D eigenvalue weighted by Crippen LogP contribution is -2.52. The second-order valence-electron chi connectivity index (χ2n) is 5.24. The Morgan fingerprint density at radius 1 is 1.35 bits per heavy atom. The molecule has 1 aliphatic carbocycles. The van der Waals surface area contributed by atoms with Crippen LogP contribution < -0.4 is 11.1 Å². The van der Waals surface area contributed by atoms with E-state index in [-0.39, 0.29) is 49.4 Å². The van der Waals surface area contributed by atoms with E-state index in [0.29, 0.717) is 0 Å². The number of hydrogen-bond acceptors (Lipinski definition) is 4. The van der Waals surface area contributed by atoms with E-state index in [9.17, 15) is 14.4 Å². The summed E-state index contributed by atoms with van der Waals surface area (Å²) in [5.41, 5.74) is 5.94. The van der Waals surface area contributed by atoms with Crippen molar-refractivity contribution in [1.29, 1.82) is 0 Å². The van der Waals surface area contributed by atoms with Crippen molar-refractivity contribution in [2.75, 3.05) is 20.1 Å². The number of halogens is 1. The predicted octanol–water partition coefficient (Wildman–Crippen LogP) is -0.312. The fourth-order valence-electron chi connectivity index (χ4n) is 2.56. The van der Waals surface area contributed by atoms with Gasteiger partial charge in [0.25, 0.3) is 5.91 Å². The number of amides is 4. The Bertz CT molecular complexity index is 404. The molecule has 0 radical (unpaired) electrons. The van der Waals surface area contributed by atoms with Crippen molar-refractivity contribution in [2.24, 2.45) is 5.73 Å². The molecule has 0 aromatic rings. The summed E-state index contributed by atoms with van der Waals surface area (Å²) in [7, 11) is 1.54. The van der Waals surface area contributed by atoms with Crippen LogP contribution in [0.3, 0.4) is 0 Å². The van der Waals surface area contributed by atoms with Crippen molar-refractivity contribution >= 4 is 30.3 Å². The monoisotopic (exact) mass is 304 g/mol. The van der Waals surface area contributed by atoms with Gasteiger partial charge in [0.05, 0.1) is 0 Å². The van der Waals surface area contributed by atoms with E-state index in [0.717, 1.165) is 30.6 Å². The van der Waals surface area contributed by atoms with E-state index in [1.807, 2.05) is 0 Å². The Labute approximate surface area is 124 Å². The van der Waals surface area contributed by atoms with Crippen LogP contribution in [0, 0.1) is 0 Å². The van der Waals surface area contributed by atoms with Crippen LogP contribution in [-0.4, -0.2) is 59.9 Å². The minimum Gasteiger partial charge on any atom is -0.350 e. The molecule has 1 saturated heterocycles. The first-order valence-electron chi connectivity index (χ1n) is 6.59. The number of carbonyl (C=O) groups excluding carboxylic acids is 3. The molecule has 2 rings (SSSR count). The molecule has 20 heavy (non-hydrogen) atoms. The largest absolute Gasteiger partial charge is 0.350 e. The molecule has 2 atom stereocenters. The predicted molar refractivity (Wildman–Crippen MR) is 75.4 cm³/mol. The van der Waals surface area contributed by atoms with Crippen LogP contribution in [0.2, 0.25) is 0 Å². The van der Waals surface area contributed by atoms with Gasteiger partial charge in [0.1, 0.15) is 13.1 Å². The van der Waals surface area contributed by atoms with Gasteiger partial charge in [0, 0.05) is 19.1 Å². The molecule has 4 amide bonds. The molecule has 0 unspecified atom stereocenters. The Hall–Kier alpha value is -1.34. The number of likely N-dealkylation sites (N-methyl/N-ethyl adjacent to an activating group) is 1. The lowest BCUT2D eigenvalue weighted by atomic mass is 9.91. The minimum absolute atomic E-state index is 0. The van der Waals surface area contributed by atoms with Crippen molar-refractivity contribution in [3.63, 3.8) is 0 Å². The van der Waals surface area contributed by atoms with Crippen LogP contribution in [-0.2, 0) is 9.59 Å². The number of rotatable bonds is 3. The zero-order valence-electron chi connectivity index (χ0n) is 11.5. The number of urea groups is 1. The first-order valence-corrected chi connectivity index (χ1v) is 6.59. The molecule has 1 aliphatic heterocycles. The number of hydrogen-bond donors (Lipinski definition) is 2. The fourth-order valence-corrected chi connectivity index (χ4v) is 2.56. The Kier molecular flexibility index (Phi) is 5.76. The molecule has 114 valence electrons. The number of nitrogens with zero attached hydrogens (tertiary/aromatic N) is 2. The zero-order chi connectivity index (χ0) is 14.0. The molecule has 2 fully saturated rings.